The summed E-state index contributed by atoms with van der Waals surface area (Å²) in [5, 5.41) is 43.1. The Labute approximate surface area is 179 Å². The number of benzene rings is 1. The van der Waals surface area contributed by atoms with Crippen LogP contribution in [0.5, 0.6) is 0 Å². The SMILES string of the molecule is OC[C@H]1O[C@@H](c2ccc(Cl)c(Cc3cnc(-c4cscn4)s3)c2)[C@H](O)[C@@H](O)[C@@H]1O. The first-order chi connectivity index (χ1) is 14.0. The van der Waals surface area contributed by atoms with E-state index in [4.69, 9.17) is 16.3 Å². The quantitative estimate of drug-likeness (QED) is 0.466. The highest BCUT2D eigenvalue weighted by Crippen LogP contribution is 2.35. The molecule has 0 unspecified atom stereocenters. The maximum absolute atomic E-state index is 10.4. The highest BCUT2D eigenvalue weighted by atomic mass is 35.5. The monoisotopic (exact) mass is 454 g/mol. The van der Waals surface area contributed by atoms with E-state index in [-0.39, 0.29) is 0 Å². The van der Waals surface area contributed by atoms with Crippen molar-refractivity contribution in [2.45, 2.75) is 36.9 Å². The van der Waals surface area contributed by atoms with E-state index < -0.39 is 37.1 Å². The van der Waals surface area contributed by atoms with Crippen LogP contribution in [0.1, 0.15) is 22.1 Å². The summed E-state index contributed by atoms with van der Waals surface area (Å²) >= 11 is 9.42. The van der Waals surface area contributed by atoms with Gasteiger partial charge in [0, 0.05) is 27.9 Å². The van der Waals surface area contributed by atoms with Crippen molar-refractivity contribution in [1.29, 1.82) is 0 Å². The summed E-state index contributed by atoms with van der Waals surface area (Å²) < 4.78 is 5.64. The lowest BCUT2D eigenvalue weighted by molar-refractivity contribution is -0.231. The molecule has 0 bridgehead atoms. The predicted octanol–water partition coefficient (Wildman–Crippen LogP) is 2.03. The lowest BCUT2D eigenvalue weighted by Gasteiger charge is -2.40. The summed E-state index contributed by atoms with van der Waals surface area (Å²) in [5.41, 5.74) is 4.02. The van der Waals surface area contributed by atoms with Gasteiger partial charge in [0.1, 0.15) is 41.2 Å². The molecule has 0 aliphatic carbocycles. The number of halogens is 1. The molecule has 3 heterocycles. The first-order valence-corrected chi connectivity index (χ1v) is 11.0. The van der Waals surface area contributed by atoms with Crippen LogP contribution in [0.15, 0.2) is 35.3 Å². The largest absolute Gasteiger partial charge is 0.394 e. The third-order valence-corrected chi connectivity index (χ3v) is 6.84. The van der Waals surface area contributed by atoms with Crippen LogP contribution < -0.4 is 0 Å². The highest BCUT2D eigenvalue weighted by Gasteiger charge is 2.44. The van der Waals surface area contributed by atoms with Crippen LogP contribution in [-0.4, -0.2) is 61.4 Å². The molecule has 2 aromatic heterocycles. The maximum Gasteiger partial charge on any atom is 0.142 e. The zero-order valence-corrected chi connectivity index (χ0v) is 17.4. The lowest BCUT2D eigenvalue weighted by Crippen LogP contribution is -2.55. The summed E-state index contributed by atoms with van der Waals surface area (Å²) in [6.45, 7) is -0.470. The molecule has 7 nitrogen and oxygen atoms in total. The number of nitrogens with zero attached hydrogens (tertiary/aromatic N) is 2. The molecule has 1 saturated heterocycles. The van der Waals surface area contributed by atoms with Crippen LogP contribution >= 0.6 is 34.3 Å². The highest BCUT2D eigenvalue weighted by molar-refractivity contribution is 7.15. The molecule has 0 saturated carbocycles. The van der Waals surface area contributed by atoms with Crippen LogP contribution in [0.4, 0.5) is 0 Å². The third-order valence-electron chi connectivity index (χ3n) is 4.86. The molecule has 0 spiro atoms. The zero-order valence-electron chi connectivity index (χ0n) is 15.1. The van der Waals surface area contributed by atoms with Crippen molar-refractivity contribution in [3.63, 3.8) is 0 Å². The maximum atomic E-state index is 10.4. The van der Waals surface area contributed by atoms with Gasteiger partial charge in [-0.15, -0.1) is 22.7 Å². The van der Waals surface area contributed by atoms with Gasteiger partial charge < -0.3 is 25.2 Å². The van der Waals surface area contributed by atoms with Crippen LogP contribution in [-0.2, 0) is 11.2 Å². The summed E-state index contributed by atoms with van der Waals surface area (Å²) in [6, 6.07) is 5.21. The molecule has 29 heavy (non-hydrogen) atoms. The third kappa shape index (κ3) is 4.23. The molecule has 5 atom stereocenters. The molecule has 0 radical (unpaired) electrons. The second kappa shape index (κ2) is 8.75. The van der Waals surface area contributed by atoms with E-state index >= 15 is 0 Å². The fourth-order valence-corrected chi connectivity index (χ4v) is 5.00. The minimum absolute atomic E-state index is 0.470. The van der Waals surface area contributed by atoms with Crippen molar-refractivity contribution < 1.29 is 25.2 Å². The number of hydrogen-bond acceptors (Lipinski definition) is 9. The standard InChI is InChI=1S/C19H19ClN2O5S2/c20-12-2-1-9(18-17(26)16(25)15(24)14(6-23)27-18)3-10(12)4-11-5-21-19(29-11)13-7-28-8-22-13/h1-3,5,7-8,14-18,23-26H,4,6H2/t14-,15-,16+,17-,18+/m1/s1. The van der Waals surface area contributed by atoms with Gasteiger partial charge in [-0.2, -0.15) is 0 Å². The second-order valence-corrected chi connectivity index (χ2v) is 9.02. The van der Waals surface area contributed by atoms with Gasteiger partial charge >= 0.3 is 0 Å². The topological polar surface area (TPSA) is 116 Å². The Morgan fingerprint density at radius 2 is 1.93 bits per heavy atom. The van der Waals surface area contributed by atoms with E-state index in [0.717, 1.165) is 21.1 Å². The number of aliphatic hydroxyl groups is 4. The summed E-state index contributed by atoms with van der Waals surface area (Å²) in [7, 11) is 0. The molecule has 4 N–H and O–H groups in total. The molecule has 1 aliphatic rings. The number of aromatic nitrogens is 2. The van der Waals surface area contributed by atoms with E-state index in [1.165, 1.54) is 22.7 Å². The van der Waals surface area contributed by atoms with Gasteiger partial charge in [0.15, 0.2) is 0 Å². The van der Waals surface area contributed by atoms with Gasteiger partial charge in [0.05, 0.1) is 12.1 Å². The van der Waals surface area contributed by atoms with Gasteiger partial charge in [0.25, 0.3) is 0 Å². The van der Waals surface area contributed by atoms with Gasteiger partial charge in [0.2, 0.25) is 0 Å². The van der Waals surface area contributed by atoms with Crippen LogP contribution in [0.25, 0.3) is 10.7 Å². The van der Waals surface area contributed by atoms with Crippen LogP contribution in [0.3, 0.4) is 0 Å². The molecule has 1 aliphatic heterocycles. The Kier molecular flexibility index (Phi) is 6.28. The molecule has 3 aromatic rings. The summed E-state index contributed by atoms with van der Waals surface area (Å²) in [4.78, 5) is 9.68. The number of hydrogen-bond donors (Lipinski definition) is 4. The van der Waals surface area contributed by atoms with Crippen molar-refractivity contribution in [3.8, 4) is 10.7 Å². The minimum atomic E-state index is -1.42. The first kappa shape index (κ1) is 20.8. The smallest absolute Gasteiger partial charge is 0.142 e. The van der Waals surface area contributed by atoms with Crippen molar-refractivity contribution in [3.05, 3.63) is 56.3 Å². The molecular formula is C19H19ClN2O5S2. The van der Waals surface area contributed by atoms with E-state index in [2.05, 4.69) is 9.97 Å². The molecule has 1 fully saturated rings. The summed E-state index contributed by atoms with van der Waals surface area (Å²) in [5.74, 6) is 0. The fourth-order valence-electron chi connectivity index (χ4n) is 3.30. The molecule has 4 rings (SSSR count). The Balaban J connectivity index is 1.58. The van der Waals surface area contributed by atoms with E-state index in [1.807, 2.05) is 5.38 Å². The molecule has 1 aromatic carbocycles. The van der Waals surface area contributed by atoms with Crippen LogP contribution in [0.2, 0.25) is 5.02 Å². The number of rotatable bonds is 5. The van der Waals surface area contributed by atoms with Gasteiger partial charge in [-0.05, 0) is 17.2 Å². The van der Waals surface area contributed by atoms with Gasteiger partial charge in [-0.25, -0.2) is 9.97 Å². The average Bonchev–Trinajstić information content (AvgIpc) is 3.40. The Morgan fingerprint density at radius 1 is 1.10 bits per heavy atom. The van der Waals surface area contributed by atoms with Gasteiger partial charge in [-0.3, -0.25) is 0 Å². The average molecular weight is 455 g/mol. The Bertz CT molecular complexity index is 965. The van der Waals surface area contributed by atoms with E-state index in [9.17, 15) is 20.4 Å². The molecular weight excluding hydrogens is 436 g/mol. The van der Waals surface area contributed by atoms with Crippen molar-refractivity contribution in [1.82, 2.24) is 9.97 Å². The van der Waals surface area contributed by atoms with E-state index in [0.29, 0.717) is 17.0 Å². The summed E-state index contributed by atoms with van der Waals surface area (Å²) in [6.07, 6.45) is -3.68. The predicted molar refractivity (Wildman–Crippen MR) is 110 cm³/mol. The van der Waals surface area contributed by atoms with Gasteiger partial charge in [-0.1, -0.05) is 23.7 Å². The minimum Gasteiger partial charge on any atom is -0.394 e. The Morgan fingerprint density at radius 3 is 2.66 bits per heavy atom. The van der Waals surface area contributed by atoms with Crippen molar-refractivity contribution in [2.24, 2.45) is 0 Å². The molecule has 0 amide bonds. The van der Waals surface area contributed by atoms with Crippen LogP contribution in [0, 0.1) is 0 Å². The first-order valence-electron chi connectivity index (χ1n) is 8.90. The Hall–Kier alpha value is -1.43. The van der Waals surface area contributed by atoms with E-state index in [1.54, 1.807) is 29.9 Å². The molecule has 10 heteroatoms. The lowest BCUT2D eigenvalue weighted by atomic mass is 9.90. The van der Waals surface area contributed by atoms with Crippen molar-refractivity contribution in [2.75, 3.05) is 6.61 Å². The number of ether oxygens (including phenoxy) is 1. The number of thiazole rings is 2. The zero-order chi connectivity index (χ0) is 20.5. The second-order valence-electron chi connectivity index (χ2n) is 6.78. The molecule has 154 valence electrons. The number of aliphatic hydroxyl groups excluding tert-OH is 4. The normalized spacial score (nSPS) is 27.3. The fraction of sp³-hybridized carbons (Fsp3) is 0.368. The van der Waals surface area contributed by atoms with Crippen molar-refractivity contribution >= 4 is 34.3 Å².